The monoisotopic (exact) mass is 518 g/mol. The summed E-state index contributed by atoms with van der Waals surface area (Å²) in [4.78, 5) is 12.0. The topological polar surface area (TPSA) is 59.3 Å². The molecule has 2 N–H and O–H groups in total. The van der Waals surface area contributed by atoms with Crippen LogP contribution in [-0.2, 0) is 0 Å². The molecule has 8 heteroatoms. The molecule has 0 spiro atoms. The number of halogens is 1. The number of piperazine rings is 1. The van der Waals surface area contributed by atoms with Gasteiger partial charge in [0.2, 0.25) is 0 Å². The maximum atomic E-state index is 5.74. The van der Waals surface area contributed by atoms with Crippen LogP contribution < -0.4 is 10.6 Å². The van der Waals surface area contributed by atoms with E-state index in [1.807, 2.05) is 13.1 Å². The van der Waals surface area contributed by atoms with Crippen molar-refractivity contribution in [3.8, 4) is 0 Å². The third kappa shape index (κ3) is 7.73. The predicted molar refractivity (Wildman–Crippen MR) is 130 cm³/mol. The molecule has 3 heterocycles. The molecule has 0 saturated carbocycles. The minimum Gasteiger partial charge on any atom is -0.468 e. The summed E-state index contributed by atoms with van der Waals surface area (Å²) in [7, 11) is 1.85. The molecule has 2 aliphatic rings. The number of rotatable bonds is 8. The van der Waals surface area contributed by atoms with E-state index in [1.165, 1.54) is 32.4 Å². The zero-order chi connectivity index (χ0) is 19.6. The van der Waals surface area contributed by atoms with E-state index in [4.69, 9.17) is 4.42 Å². The Morgan fingerprint density at radius 3 is 2.41 bits per heavy atom. The van der Waals surface area contributed by atoms with Crippen LogP contribution in [0.4, 0.5) is 0 Å². The van der Waals surface area contributed by atoms with Crippen LogP contribution in [0.3, 0.4) is 0 Å². The van der Waals surface area contributed by atoms with Crippen LogP contribution >= 0.6 is 24.0 Å². The van der Waals surface area contributed by atoms with Crippen LogP contribution in [-0.4, -0.2) is 93.2 Å². The lowest BCUT2D eigenvalue weighted by molar-refractivity contribution is 0.139. The minimum absolute atomic E-state index is 0. The largest absolute Gasteiger partial charge is 0.468 e. The molecule has 2 aliphatic heterocycles. The van der Waals surface area contributed by atoms with E-state index >= 15 is 0 Å². The first-order valence-corrected chi connectivity index (χ1v) is 11.0. The molecule has 166 valence electrons. The van der Waals surface area contributed by atoms with Crippen molar-refractivity contribution in [3.63, 3.8) is 0 Å². The van der Waals surface area contributed by atoms with Crippen molar-refractivity contribution in [1.82, 2.24) is 25.3 Å². The number of hydrogen-bond donors (Lipinski definition) is 2. The molecule has 2 fully saturated rings. The maximum Gasteiger partial charge on any atom is 0.191 e. The quantitative estimate of drug-likeness (QED) is 0.313. The molecule has 1 unspecified atom stereocenters. The highest BCUT2D eigenvalue weighted by molar-refractivity contribution is 14.0. The fourth-order valence-corrected chi connectivity index (χ4v) is 4.20. The van der Waals surface area contributed by atoms with Gasteiger partial charge < -0.3 is 20.0 Å². The van der Waals surface area contributed by atoms with Gasteiger partial charge in [-0.2, -0.15) is 0 Å². The van der Waals surface area contributed by atoms with E-state index in [1.54, 1.807) is 6.26 Å². The van der Waals surface area contributed by atoms with E-state index < -0.39 is 0 Å². The van der Waals surface area contributed by atoms with Crippen LogP contribution in [0.25, 0.3) is 0 Å². The molecule has 3 rings (SSSR count). The third-order valence-electron chi connectivity index (χ3n) is 6.02. The summed E-state index contributed by atoms with van der Waals surface area (Å²) in [6.07, 6.45) is 5.66. The third-order valence-corrected chi connectivity index (χ3v) is 6.02. The lowest BCUT2D eigenvalue weighted by Gasteiger charge is -2.34. The Morgan fingerprint density at radius 2 is 1.79 bits per heavy atom. The average molecular weight is 518 g/mol. The summed E-state index contributed by atoms with van der Waals surface area (Å²) in [5.41, 5.74) is 0. The van der Waals surface area contributed by atoms with Gasteiger partial charge >= 0.3 is 0 Å². The van der Waals surface area contributed by atoms with Crippen molar-refractivity contribution in [2.24, 2.45) is 4.99 Å². The number of aliphatic imine (C=N–C) groups is 1. The van der Waals surface area contributed by atoms with Crippen LogP contribution in [0.5, 0.6) is 0 Å². The minimum atomic E-state index is 0. The van der Waals surface area contributed by atoms with Gasteiger partial charge in [-0.25, -0.2) is 0 Å². The van der Waals surface area contributed by atoms with Crippen LogP contribution in [0, 0.1) is 0 Å². The second-order valence-corrected chi connectivity index (χ2v) is 7.78. The molecule has 1 aromatic heterocycles. The molecule has 7 nitrogen and oxygen atoms in total. The van der Waals surface area contributed by atoms with Gasteiger partial charge in [0.15, 0.2) is 5.96 Å². The number of guanidine groups is 1. The summed E-state index contributed by atoms with van der Waals surface area (Å²) in [5, 5.41) is 7.00. The Bertz CT molecular complexity index is 568. The molecule has 29 heavy (non-hydrogen) atoms. The van der Waals surface area contributed by atoms with Gasteiger partial charge in [-0.05, 0) is 44.6 Å². The Labute approximate surface area is 193 Å². The summed E-state index contributed by atoms with van der Waals surface area (Å²) >= 11 is 0. The first kappa shape index (κ1) is 24.4. The lowest BCUT2D eigenvalue weighted by Crippen LogP contribution is -2.49. The van der Waals surface area contributed by atoms with Crippen LogP contribution in [0.1, 0.15) is 38.0 Å². The Balaban J connectivity index is 0.00000300. The molecular weight excluding hydrogens is 479 g/mol. The van der Waals surface area contributed by atoms with E-state index in [9.17, 15) is 0 Å². The Kier molecular flexibility index (Phi) is 11.3. The average Bonchev–Trinajstić information content (AvgIpc) is 3.28. The second-order valence-electron chi connectivity index (χ2n) is 7.78. The highest BCUT2D eigenvalue weighted by Crippen LogP contribution is 2.24. The number of likely N-dealkylation sites (N-methyl/N-ethyl adjacent to an activating group) is 1. The fourth-order valence-electron chi connectivity index (χ4n) is 4.20. The van der Waals surface area contributed by atoms with Gasteiger partial charge in [0.1, 0.15) is 5.76 Å². The molecule has 0 aliphatic carbocycles. The first-order valence-electron chi connectivity index (χ1n) is 11.0. The number of furan rings is 1. The van der Waals surface area contributed by atoms with Gasteiger partial charge in [0.25, 0.3) is 0 Å². The van der Waals surface area contributed by atoms with Crippen molar-refractivity contribution in [1.29, 1.82) is 0 Å². The summed E-state index contributed by atoms with van der Waals surface area (Å²) in [5.74, 6) is 1.92. The summed E-state index contributed by atoms with van der Waals surface area (Å²) < 4.78 is 5.74. The van der Waals surface area contributed by atoms with Crippen LogP contribution in [0.2, 0.25) is 0 Å². The number of hydrogen-bond acceptors (Lipinski definition) is 5. The highest BCUT2D eigenvalue weighted by atomic mass is 127. The highest BCUT2D eigenvalue weighted by Gasteiger charge is 2.24. The van der Waals surface area contributed by atoms with Gasteiger partial charge in [-0.3, -0.25) is 14.8 Å². The van der Waals surface area contributed by atoms with E-state index in [0.29, 0.717) is 0 Å². The van der Waals surface area contributed by atoms with Gasteiger partial charge in [0.05, 0.1) is 12.3 Å². The molecule has 0 aromatic carbocycles. The van der Waals surface area contributed by atoms with Crippen molar-refractivity contribution < 1.29 is 4.42 Å². The van der Waals surface area contributed by atoms with Gasteiger partial charge in [-0.15, -0.1) is 24.0 Å². The first-order chi connectivity index (χ1) is 13.8. The summed E-state index contributed by atoms with van der Waals surface area (Å²) in [6.45, 7) is 13.2. The molecule has 0 amide bonds. The van der Waals surface area contributed by atoms with Gasteiger partial charge in [-0.1, -0.05) is 13.3 Å². The van der Waals surface area contributed by atoms with Crippen molar-refractivity contribution >= 4 is 29.9 Å². The number of likely N-dealkylation sites (tertiary alicyclic amines) is 1. The Morgan fingerprint density at radius 1 is 1.07 bits per heavy atom. The molecular formula is C21H39IN6O. The SMILES string of the molecule is CCN1CCN(CCNC(=NC)NCC(c2ccco2)N2CCCCC2)CC1.I. The maximum absolute atomic E-state index is 5.74. The van der Waals surface area contributed by atoms with Crippen LogP contribution in [0.15, 0.2) is 27.8 Å². The van der Waals surface area contributed by atoms with Crippen molar-refractivity contribution in [2.45, 2.75) is 32.2 Å². The van der Waals surface area contributed by atoms with Gasteiger partial charge in [0, 0.05) is 52.9 Å². The second kappa shape index (κ2) is 13.5. The zero-order valence-corrected chi connectivity index (χ0v) is 20.4. The van der Waals surface area contributed by atoms with E-state index in [-0.39, 0.29) is 30.0 Å². The number of nitrogens with zero attached hydrogens (tertiary/aromatic N) is 4. The predicted octanol–water partition coefficient (Wildman–Crippen LogP) is 2.23. The smallest absolute Gasteiger partial charge is 0.191 e. The summed E-state index contributed by atoms with van der Waals surface area (Å²) in [6, 6.07) is 4.33. The molecule has 1 atom stereocenters. The fraction of sp³-hybridized carbons (Fsp3) is 0.762. The standard InChI is InChI=1S/C21H38N6O.HI/c1-3-25-13-15-26(16-14-25)12-9-23-21(22-2)24-18-19(20-8-7-17-28-20)27-10-5-4-6-11-27;/h7-8,17,19H,3-6,9-16,18H2,1-2H3,(H2,22,23,24);1H. The molecule has 1 aromatic rings. The van der Waals surface area contributed by atoms with Crippen molar-refractivity contribution in [2.75, 3.05) is 72.5 Å². The van der Waals surface area contributed by atoms with E-state index in [2.05, 4.69) is 43.3 Å². The Hall–Kier alpha value is -0.840. The molecule has 2 saturated heterocycles. The van der Waals surface area contributed by atoms with E-state index in [0.717, 1.165) is 64.1 Å². The number of piperidine rings is 1. The lowest BCUT2D eigenvalue weighted by atomic mass is 10.1. The zero-order valence-electron chi connectivity index (χ0n) is 18.1. The van der Waals surface area contributed by atoms with Crippen molar-refractivity contribution in [3.05, 3.63) is 24.2 Å². The molecule has 0 radical (unpaired) electrons. The molecule has 0 bridgehead atoms. The number of nitrogens with one attached hydrogen (secondary N) is 2. The normalized spacial score (nSPS) is 20.8.